The van der Waals surface area contributed by atoms with Gasteiger partial charge in [-0.05, 0) is 20.3 Å². The van der Waals surface area contributed by atoms with Gasteiger partial charge in [0.1, 0.15) is 0 Å². The van der Waals surface area contributed by atoms with Crippen LogP contribution in [0, 0.1) is 6.92 Å². The molecule has 0 unspecified atom stereocenters. The van der Waals surface area contributed by atoms with Crippen LogP contribution in [0.4, 0.5) is 0 Å². The molecule has 1 radical (unpaired) electrons. The molecule has 0 bridgehead atoms. The average molecular weight is 157 g/mol. The Labute approximate surface area is 68.9 Å². The molecule has 0 aromatic carbocycles. The molecule has 11 heavy (non-hydrogen) atoms. The summed E-state index contributed by atoms with van der Waals surface area (Å²) in [4.78, 5) is 10.9. The standard InChI is InChI=1S/C9H17O2/c1-4-5-6-7-9(10)11-8(2)3/h8H,2,4-7H2,1,3H3/t8-/m0/s1. The fourth-order valence-corrected chi connectivity index (χ4v) is 0.803. The Morgan fingerprint density at radius 3 is 2.64 bits per heavy atom. The van der Waals surface area contributed by atoms with Crippen LogP contribution in [-0.4, -0.2) is 12.1 Å². The van der Waals surface area contributed by atoms with Crippen molar-refractivity contribution in [3.8, 4) is 0 Å². The normalized spacial score (nSPS) is 10.2. The third-order valence-corrected chi connectivity index (χ3v) is 1.32. The smallest absolute Gasteiger partial charge is 0.306 e. The Hall–Kier alpha value is -0.530. The predicted octanol–water partition coefficient (Wildman–Crippen LogP) is 2.33. The van der Waals surface area contributed by atoms with Gasteiger partial charge >= 0.3 is 5.97 Å². The first-order valence-electron chi connectivity index (χ1n) is 4.19. The second-order valence-electron chi connectivity index (χ2n) is 2.76. The lowest BCUT2D eigenvalue weighted by Crippen LogP contribution is -2.10. The Kier molecular flexibility index (Phi) is 5.90. The Morgan fingerprint density at radius 2 is 2.18 bits per heavy atom. The fourth-order valence-electron chi connectivity index (χ4n) is 0.803. The molecule has 0 fully saturated rings. The summed E-state index contributed by atoms with van der Waals surface area (Å²) < 4.78 is 4.85. The van der Waals surface area contributed by atoms with E-state index in [0.29, 0.717) is 6.42 Å². The van der Waals surface area contributed by atoms with Gasteiger partial charge in [-0.3, -0.25) is 4.79 Å². The van der Waals surface area contributed by atoms with E-state index in [0.717, 1.165) is 19.3 Å². The molecule has 0 spiro atoms. The van der Waals surface area contributed by atoms with Gasteiger partial charge in [-0.1, -0.05) is 19.8 Å². The molecule has 0 aromatic heterocycles. The van der Waals surface area contributed by atoms with E-state index < -0.39 is 0 Å². The first kappa shape index (κ1) is 10.5. The summed E-state index contributed by atoms with van der Waals surface area (Å²) >= 11 is 0. The summed E-state index contributed by atoms with van der Waals surface area (Å²) in [6.07, 6.45) is 3.48. The van der Waals surface area contributed by atoms with Crippen LogP contribution in [0.15, 0.2) is 0 Å². The largest absolute Gasteiger partial charge is 0.463 e. The molecule has 0 aliphatic carbocycles. The first-order valence-corrected chi connectivity index (χ1v) is 4.19. The molecule has 0 N–H and O–H groups in total. The second kappa shape index (κ2) is 6.20. The number of ether oxygens (including phenoxy) is 1. The molecule has 0 aliphatic heterocycles. The summed E-state index contributed by atoms with van der Waals surface area (Å²) in [5.41, 5.74) is 0. The molecular formula is C9H17O2. The van der Waals surface area contributed by atoms with Crippen LogP contribution in [-0.2, 0) is 9.53 Å². The highest BCUT2D eigenvalue weighted by molar-refractivity contribution is 5.69. The van der Waals surface area contributed by atoms with E-state index in [-0.39, 0.29) is 12.1 Å². The second-order valence-corrected chi connectivity index (χ2v) is 2.76. The lowest BCUT2D eigenvalue weighted by molar-refractivity contribution is -0.146. The van der Waals surface area contributed by atoms with Crippen molar-refractivity contribution in [2.75, 3.05) is 0 Å². The van der Waals surface area contributed by atoms with Gasteiger partial charge in [0.15, 0.2) is 0 Å². The summed E-state index contributed by atoms with van der Waals surface area (Å²) in [6.45, 7) is 7.43. The van der Waals surface area contributed by atoms with Crippen LogP contribution < -0.4 is 0 Å². The minimum absolute atomic E-state index is 0.124. The van der Waals surface area contributed by atoms with Crippen molar-refractivity contribution in [3.05, 3.63) is 6.92 Å². The van der Waals surface area contributed by atoms with Crippen molar-refractivity contribution in [2.45, 2.75) is 45.6 Å². The predicted molar refractivity (Wildman–Crippen MR) is 45.1 cm³/mol. The van der Waals surface area contributed by atoms with Gasteiger partial charge < -0.3 is 4.74 Å². The summed E-state index contributed by atoms with van der Waals surface area (Å²) in [5.74, 6) is -0.124. The van der Waals surface area contributed by atoms with Crippen LogP contribution in [0.2, 0.25) is 0 Å². The maximum atomic E-state index is 10.9. The number of hydrogen-bond donors (Lipinski definition) is 0. The van der Waals surface area contributed by atoms with Gasteiger partial charge in [0.2, 0.25) is 0 Å². The molecular weight excluding hydrogens is 140 g/mol. The van der Waals surface area contributed by atoms with E-state index >= 15 is 0 Å². The highest BCUT2D eigenvalue weighted by atomic mass is 16.5. The average Bonchev–Trinajstić information content (AvgIpc) is 1.86. The van der Waals surface area contributed by atoms with Crippen LogP contribution in [0.5, 0.6) is 0 Å². The van der Waals surface area contributed by atoms with Crippen LogP contribution in [0.1, 0.15) is 39.5 Å². The van der Waals surface area contributed by atoms with Crippen molar-refractivity contribution in [1.29, 1.82) is 0 Å². The lowest BCUT2D eigenvalue weighted by Gasteiger charge is -2.06. The van der Waals surface area contributed by atoms with E-state index in [1.165, 1.54) is 0 Å². The molecule has 65 valence electrons. The minimum Gasteiger partial charge on any atom is -0.463 e. The Morgan fingerprint density at radius 1 is 1.55 bits per heavy atom. The van der Waals surface area contributed by atoms with Crippen molar-refractivity contribution in [3.63, 3.8) is 0 Å². The third-order valence-electron chi connectivity index (χ3n) is 1.32. The molecule has 2 heteroatoms. The van der Waals surface area contributed by atoms with E-state index in [1.54, 1.807) is 6.92 Å². The van der Waals surface area contributed by atoms with Gasteiger partial charge in [0.05, 0.1) is 6.10 Å². The monoisotopic (exact) mass is 157 g/mol. The number of hydrogen-bond acceptors (Lipinski definition) is 2. The molecule has 0 amide bonds. The quantitative estimate of drug-likeness (QED) is 0.452. The fraction of sp³-hybridized carbons (Fsp3) is 0.778. The summed E-state index contributed by atoms with van der Waals surface area (Å²) in [6, 6.07) is 0. The van der Waals surface area contributed by atoms with E-state index in [4.69, 9.17) is 4.74 Å². The Balaban J connectivity index is 3.23. The SMILES string of the molecule is [CH2][C@@H](C)OC(=O)CCCCC. The maximum absolute atomic E-state index is 10.9. The number of rotatable bonds is 5. The van der Waals surface area contributed by atoms with E-state index in [9.17, 15) is 4.79 Å². The van der Waals surface area contributed by atoms with Crippen molar-refractivity contribution in [1.82, 2.24) is 0 Å². The number of esters is 1. The number of carbonyl (C=O) groups excluding carboxylic acids is 1. The molecule has 0 aliphatic rings. The van der Waals surface area contributed by atoms with Gasteiger partial charge in [-0.2, -0.15) is 0 Å². The van der Waals surface area contributed by atoms with Gasteiger partial charge in [0.25, 0.3) is 0 Å². The summed E-state index contributed by atoms with van der Waals surface area (Å²) in [7, 11) is 0. The molecule has 0 heterocycles. The molecule has 2 nitrogen and oxygen atoms in total. The van der Waals surface area contributed by atoms with Gasteiger partial charge in [0, 0.05) is 6.42 Å². The Bertz CT molecular complexity index is 108. The number of unbranched alkanes of at least 4 members (excludes halogenated alkanes) is 2. The highest BCUT2D eigenvalue weighted by Gasteiger charge is 2.03. The minimum atomic E-state index is -0.218. The first-order chi connectivity index (χ1) is 5.16. The highest BCUT2D eigenvalue weighted by Crippen LogP contribution is 2.01. The maximum Gasteiger partial charge on any atom is 0.306 e. The van der Waals surface area contributed by atoms with Gasteiger partial charge in [-0.15, -0.1) is 0 Å². The summed E-state index contributed by atoms with van der Waals surface area (Å²) in [5, 5.41) is 0. The van der Waals surface area contributed by atoms with Crippen LogP contribution >= 0.6 is 0 Å². The third kappa shape index (κ3) is 7.37. The molecule has 0 rings (SSSR count). The topological polar surface area (TPSA) is 26.3 Å². The van der Waals surface area contributed by atoms with Crippen molar-refractivity contribution in [2.24, 2.45) is 0 Å². The number of carbonyl (C=O) groups is 1. The van der Waals surface area contributed by atoms with Gasteiger partial charge in [-0.25, -0.2) is 0 Å². The molecule has 0 saturated heterocycles. The van der Waals surface area contributed by atoms with Crippen LogP contribution in [0.3, 0.4) is 0 Å². The molecule has 0 saturated carbocycles. The zero-order valence-corrected chi connectivity index (χ0v) is 7.43. The molecule has 0 aromatic rings. The zero-order chi connectivity index (χ0) is 8.69. The molecule has 1 atom stereocenters. The van der Waals surface area contributed by atoms with Crippen molar-refractivity contribution >= 4 is 5.97 Å². The van der Waals surface area contributed by atoms with Crippen molar-refractivity contribution < 1.29 is 9.53 Å². The lowest BCUT2D eigenvalue weighted by atomic mass is 10.2. The van der Waals surface area contributed by atoms with Crippen LogP contribution in [0.25, 0.3) is 0 Å². The zero-order valence-electron chi connectivity index (χ0n) is 7.43. The van der Waals surface area contributed by atoms with E-state index in [1.807, 2.05) is 0 Å². The van der Waals surface area contributed by atoms with E-state index in [2.05, 4.69) is 13.8 Å².